The molecule has 1 rings (SSSR count). The molecule has 102 valence electrons. The van der Waals surface area contributed by atoms with E-state index in [4.69, 9.17) is 15.2 Å². The molecule has 0 aliphatic heterocycles. The number of nitrogens with one attached hydrogen (secondary N) is 1. The molecule has 0 aliphatic carbocycles. The Morgan fingerprint density at radius 2 is 1.83 bits per heavy atom. The molecule has 4 heteroatoms. The highest BCUT2D eigenvalue weighted by molar-refractivity contribution is 5.43. The van der Waals surface area contributed by atoms with Crippen LogP contribution in [0.4, 0.5) is 0 Å². The first kappa shape index (κ1) is 14.8. The summed E-state index contributed by atoms with van der Waals surface area (Å²) in [6.45, 7) is 8.70. The SMILES string of the molecule is CCOc1ccc(CN[C@@H](C)CN)cc1OCC. The van der Waals surface area contributed by atoms with E-state index >= 15 is 0 Å². The number of nitrogens with two attached hydrogens (primary N) is 1. The molecule has 1 aromatic carbocycles. The molecular weight excluding hydrogens is 228 g/mol. The van der Waals surface area contributed by atoms with Crippen LogP contribution in [0.1, 0.15) is 26.3 Å². The maximum Gasteiger partial charge on any atom is 0.161 e. The fourth-order valence-electron chi connectivity index (χ4n) is 1.58. The van der Waals surface area contributed by atoms with Crippen LogP contribution >= 0.6 is 0 Å². The van der Waals surface area contributed by atoms with Crippen LogP contribution in [0.25, 0.3) is 0 Å². The normalized spacial score (nSPS) is 12.2. The van der Waals surface area contributed by atoms with E-state index in [0.29, 0.717) is 25.8 Å². The second kappa shape index (κ2) is 7.95. The van der Waals surface area contributed by atoms with Crippen LogP contribution in [0.2, 0.25) is 0 Å². The van der Waals surface area contributed by atoms with Gasteiger partial charge in [-0.1, -0.05) is 6.07 Å². The fraction of sp³-hybridized carbons (Fsp3) is 0.571. The van der Waals surface area contributed by atoms with Gasteiger partial charge in [-0.25, -0.2) is 0 Å². The minimum Gasteiger partial charge on any atom is -0.490 e. The first-order valence-electron chi connectivity index (χ1n) is 6.53. The standard InChI is InChI=1S/C14H24N2O2/c1-4-17-13-7-6-12(8-14(13)18-5-2)10-16-11(3)9-15/h6-8,11,16H,4-5,9-10,15H2,1-3H3/t11-/m0/s1. The molecule has 4 nitrogen and oxygen atoms in total. The van der Waals surface area contributed by atoms with Crippen LogP contribution in [0.5, 0.6) is 11.5 Å². The fourth-order valence-corrected chi connectivity index (χ4v) is 1.58. The Hall–Kier alpha value is -1.26. The average Bonchev–Trinajstić information content (AvgIpc) is 2.39. The number of rotatable bonds is 8. The molecule has 0 radical (unpaired) electrons. The lowest BCUT2D eigenvalue weighted by Gasteiger charge is -2.14. The van der Waals surface area contributed by atoms with Crippen LogP contribution in [0.15, 0.2) is 18.2 Å². The molecular formula is C14H24N2O2. The Bertz CT molecular complexity index is 356. The lowest BCUT2D eigenvalue weighted by Crippen LogP contribution is -2.32. The van der Waals surface area contributed by atoms with Crippen molar-refractivity contribution in [3.8, 4) is 11.5 Å². The third-order valence-corrected chi connectivity index (χ3v) is 2.62. The van der Waals surface area contributed by atoms with E-state index in [0.717, 1.165) is 18.0 Å². The predicted octanol–water partition coefficient (Wildman–Crippen LogP) is 1.92. The third kappa shape index (κ3) is 4.55. The highest BCUT2D eigenvalue weighted by atomic mass is 16.5. The second-order valence-corrected chi connectivity index (χ2v) is 4.16. The summed E-state index contributed by atoms with van der Waals surface area (Å²) in [6.07, 6.45) is 0. The van der Waals surface area contributed by atoms with Crippen LogP contribution in [-0.2, 0) is 6.54 Å². The van der Waals surface area contributed by atoms with E-state index in [-0.39, 0.29) is 0 Å². The van der Waals surface area contributed by atoms with E-state index in [1.54, 1.807) is 0 Å². The van der Waals surface area contributed by atoms with Crippen LogP contribution in [0, 0.1) is 0 Å². The van der Waals surface area contributed by atoms with Crippen molar-refractivity contribution < 1.29 is 9.47 Å². The van der Waals surface area contributed by atoms with Gasteiger partial charge in [-0.3, -0.25) is 0 Å². The van der Waals surface area contributed by atoms with Crippen molar-refractivity contribution in [3.63, 3.8) is 0 Å². The maximum absolute atomic E-state index is 5.59. The molecule has 0 aromatic heterocycles. The van der Waals surface area contributed by atoms with Gasteiger partial charge < -0.3 is 20.5 Å². The Morgan fingerprint density at radius 1 is 1.17 bits per heavy atom. The molecule has 0 spiro atoms. The number of ether oxygens (including phenoxy) is 2. The molecule has 0 heterocycles. The van der Waals surface area contributed by atoms with E-state index in [1.807, 2.05) is 32.0 Å². The molecule has 0 fully saturated rings. The number of hydrogen-bond donors (Lipinski definition) is 2. The quantitative estimate of drug-likeness (QED) is 0.742. The summed E-state index contributed by atoms with van der Waals surface area (Å²) in [7, 11) is 0. The van der Waals surface area contributed by atoms with Gasteiger partial charge in [0.15, 0.2) is 11.5 Å². The van der Waals surface area contributed by atoms with Crippen LogP contribution < -0.4 is 20.5 Å². The monoisotopic (exact) mass is 252 g/mol. The van der Waals surface area contributed by atoms with Crippen molar-refractivity contribution in [2.75, 3.05) is 19.8 Å². The van der Waals surface area contributed by atoms with Crippen molar-refractivity contribution >= 4 is 0 Å². The van der Waals surface area contributed by atoms with Gasteiger partial charge in [-0.05, 0) is 38.5 Å². The highest BCUT2D eigenvalue weighted by Gasteiger charge is 2.06. The molecule has 0 amide bonds. The zero-order valence-electron chi connectivity index (χ0n) is 11.5. The average molecular weight is 252 g/mol. The largest absolute Gasteiger partial charge is 0.490 e. The van der Waals surface area contributed by atoms with Gasteiger partial charge in [0.1, 0.15) is 0 Å². The van der Waals surface area contributed by atoms with Gasteiger partial charge in [-0.2, -0.15) is 0 Å². The first-order chi connectivity index (χ1) is 8.71. The maximum atomic E-state index is 5.59. The first-order valence-corrected chi connectivity index (χ1v) is 6.53. The Balaban J connectivity index is 2.72. The lowest BCUT2D eigenvalue weighted by molar-refractivity contribution is 0.287. The van der Waals surface area contributed by atoms with Gasteiger partial charge >= 0.3 is 0 Å². The summed E-state index contributed by atoms with van der Waals surface area (Å²) in [5.74, 6) is 1.61. The van der Waals surface area contributed by atoms with Gasteiger partial charge in [0, 0.05) is 19.1 Å². The molecule has 3 N–H and O–H groups in total. The van der Waals surface area contributed by atoms with Gasteiger partial charge in [-0.15, -0.1) is 0 Å². The van der Waals surface area contributed by atoms with Crippen molar-refractivity contribution in [1.29, 1.82) is 0 Å². The van der Waals surface area contributed by atoms with E-state index in [1.165, 1.54) is 5.56 Å². The lowest BCUT2D eigenvalue weighted by atomic mass is 10.2. The minimum atomic E-state index is 0.312. The third-order valence-electron chi connectivity index (χ3n) is 2.62. The summed E-state index contributed by atoms with van der Waals surface area (Å²) < 4.78 is 11.1. The van der Waals surface area contributed by atoms with Gasteiger partial charge in [0.05, 0.1) is 13.2 Å². The van der Waals surface area contributed by atoms with E-state index < -0.39 is 0 Å². The van der Waals surface area contributed by atoms with Crippen LogP contribution in [-0.4, -0.2) is 25.8 Å². The van der Waals surface area contributed by atoms with Crippen molar-refractivity contribution in [2.24, 2.45) is 5.73 Å². The molecule has 1 aromatic rings. The molecule has 18 heavy (non-hydrogen) atoms. The summed E-state index contributed by atoms with van der Waals surface area (Å²) in [5.41, 5.74) is 6.74. The Labute approximate surface area is 109 Å². The summed E-state index contributed by atoms with van der Waals surface area (Å²) in [6, 6.07) is 6.33. The highest BCUT2D eigenvalue weighted by Crippen LogP contribution is 2.28. The summed E-state index contributed by atoms with van der Waals surface area (Å²) >= 11 is 0. The minimum absolute atomic E-state index is 0.312. The van der Waals surface area contributed by atoms with Crippen LogP contribution in [0.3, 0.4) is 0 Å². The van der Waals surface area contributed by atoms with Gasteiger partial charge in [0.25, 0.3) is 0 Å². The second-order valence-electron chi connectivity index (χ2n) is 4.16. The molecule has 0 bridgehead atoms. The molecule has 0 unspecified atom stereocenters. The number of hydrogen-bond acceptors (Lipinski definition) is 4. The zero-order chi connectivity index (χ0) is 13.4. The topological polar surface area (TPSA) is 56.5 Å². The Kier molecular flexibility index (Phi) is 6.54. The smallest absolute Gasteiger partial charge is 0.161 e. The molecule has 0 saturated heterocycles. The molecule has 1 atom stereocenters. The number of benzene rings is 1. The van der Waals surface area contributed by atoms with E-state index in [9.17, 15) is 0 Å². The predicted molar refractivity (Wildman–Crippen MR) is 74.1 cm³/mol. The van der Waals surface area contributed by atoms with Crippen molar-refractivity contribution in [3.05, 3.63) is 23.8 Å². The Morgan fingerprint density at radius 3 is 2.44 bits per heavy atom. The summed E-state index contributed by atoms with van der Waals surface area (Å²) in [4.78, 5) is 0. The summed E-state index contributed by atoms with van der Waals surface area (Å²) in [5, 5.41) is 3.35. The molecule has 0 saturated carbocycles. The van der Waals surface area contributed by atoms with E-state index in [2.05, 4.69) is 12.2 Å². The van der Waals surface area contributed by atoms with Crippen molar-refractivity contribution in [2.45, 2.75) is 33.4 Å². The van der Waals surface area contributed by atoms with Crippen molar-refractivity contribution in [1.82, 2.24) is 5.32 Å². The van der Waals surface area contributed by atoms with Gasteiger partial charge in [0.2, 0.25) is 0 Å². The molecule has 0 aliphatic rings. The zero-order valence-corrected chi connectivity index (χ0v) is 11.5.